The summed E-state index contributed by atoms with van der Waals surface area (Å²) in [5, 5.41) is 14.5. The molecule has 1 aliphatic carbocycles. The van der Waals surface area contributed by atoms with Crippen molar-refractivity contribution in [2.45, 2.75) is 51.5 Å². The third-order valence-corrected chi connectivity index (χ3v) is 4.53. The summed E-state index contributed by atoms with van der Waals surface area (Å²) in [4.78, 5) is 27.4. The summed E-state index contributed by atoms with van der Waals surface area (Å²) in [6.07, 6.45) is 1.90. The van der Waals surface area contributed by atoms with Gasteiger partial charge in [0.25, 0.3) is 0 Å². The first-order chi connectivity index (χ1) is 9.27. The van der Waals surface area contributed by atoms with E-state index in [1.54, 1.807) is 0 Å². The van der Waals surface area contributed by atoms with E-state index in [9.17, 15) is 9.59 Å². The van der Waals surface area contributed by atoms with Crippen molar-refractivity contribution in [3.8, 4) is 0 Å². The van der Waals surface area contributed by atoms with E-state index in [1.807, 2.05) is 5.38 Å². The Hall–Kier alpha value is -1.43. The number of carbonyl (C=O) groups is 2. The van der Waals surface area contributed by atoms with E-state index in [4.69, 9.17) is 5.11 Å². The standard InChI is InChI=1S/C14H20N2O3S/c1-14(2,3)13-15-9(7-20-13)6-10(17)16-11(12(18)19)8-4-5-8/h7-8,11H,4-6H2,1-3H3,(H,16,17)(H,18,19). The van der Waals surface area contributed by atoms with Gasteiger partial charge in [0.05, 0.1) is 17.1 Å². The molecule has 1 saturated carbocycles. The molecule has 0 spiro atoms. The normalized spacial score (nSPS) is 16.8. The molecule has 110 valence electrons. The molecule has 1 heterocycles. The van der Waals surface area contributed by atoms with Gasteiger partial charge < -0.3 is 10.4 Å². The predicted octanol–water partition coefficient (Wildman–Crippen LogP) is 1.96. The maximum atomic E-state index is 11.9. The summed E-state index contributed by atoms with van der Waals surface area (Å²) in [6.45, 7) is 6.22. The molecule has 5 nitrogen and oxygen atoms in total. The van der Waals surface area contributed by atoms with Gasteiger partial charge in [0.2, 0.25) is 5.91 Å². The molecule has 20 heavy (non-hydrogen) atoms. The number of hydrogen-bond acceptors (Lipinski definition) is 4. The summed E-state index contributed by atoms with van der Waals surface area (Å²) in [5.74, 6) is -1.12. The summed E-state index contributed by atoms with van der Waals surface area (Å²) in [7, 11) is 0. The smallest absolute Gasteiger partial charge is 0.326 e. The molecule has 2 N–H and O–H groups in total. The van der Waals surface area contributed by atoms with Crippen molar-refractivity contribution in [3.05, 3.63) is 16.1 Å². The SMILES string of the molecule is CC(C)(C)c1nc(CC(=O)NC(C(=O)O)C2CC2)cs1. The van der Waals surface area contributed by atoms with Crippen LogP contribution in [0.2, 0.25) is 0 Å². The minimum absolute atomic E-state index is 0.0307. The van der Waals surface area contributed by atoms with Gasteiger partial charge in [0, 0.05) is 10.8 Å². The monoisotopic (exact) mass is 296 g/mol. The fourth-order valence-corrected chi connectivity index (χ4v) is 2.84. The molecule has 2 rings (SSSR count). The zero-order chi connectivity index (χ0) is 14.9. The van der Waals surface area contributed by atoms with Crippen LogP contribution < -0.4 is 5.32 Å². The van der Waals surface area contributed by atoms with Gasteiger partial charge in [0.1, 0.15) is 6.04 Å². The van der Waals surface area contributed by atoms with Gasteiger partial charge in [-0.15, -0.1) is 11.3 Å². The lowest BCUT2D eigenvalue weighted by Gasteiger charge is -2.14. The number of thiazole rings is 1. The van der Waals surface area contributed by atoms with Gasteiger partial charge in [-0.3, -0.25) is 4.79 Å². The van der Waals surface area contributed by atoms with Crippen LogP contribution in [0.3, 0.4) is 0 Å². The van der Waals surface area contributed by atoms with E-state index in [1.165, 1.54) is 11.3 Å². The number of carboxylic acid groups (broad SMARTS) is 1. The zero-order valence-corrected chi connectivity index (χ0v) is 12.8. The fraction of sp³-hybridized carbons (Fsp3) is 0.643. The molecule has 1 fully saturated rings. The minimum Gasteiger partial charge on any atom is -0.480 e. The fourth-order valence-electron chi connectivity index (χ4n) is 1.93. The Bertz CT molecular complexity index is 515. The third-order valence-electron chi connectivity index (χ3n) is 3.21. The lowest BCUT2D eigenvalue weighted by atomic mass is 9.98. The van der Waals surface area contributed by atoms with Crippen molar-refractivity contribution in [1.29, 1.82) is 0 Å². The average Bonchev–Trinajstić information content (AvgIpc) is 3.04. The summed E-state index contributed by atoms with van der Waals surface area (Å²) in [6, 6.07) is -0.747. The second-order valence-corrected chi connectivity index (χ2v) is 7.15. The number of aliphatic carboxylic acids is 1. The van der Waals surface area contributed by atoms with Gasteiger partial charge in [0.15, 0.2) is 0 Å². The lowest BCUT2D eigenvalue weighted by Crippen LogP contribution is -2.43. The van der Waals surface area contributed by atoms with Crippen molar-refractivity contribution in [3.63, 3.8) is 0 Å². The summed E-state index contributed by atoms with van der Waals surface area (Å²) >= 11 is 1.53. The number of aromatic nitrogens is 1. The quantitative estimate of drug-likeness (QED) is 0.870. The second-order valence-electron chi connectivity index (χ2n) is 6.29. The Balaban J connectivity index is 1.94. The topological polar surface area (TPSA) is 79.3 Å². The van der Waals surface area contributed by atoms with Gasteiger partial charge in [-0.25, -0.2) is 9.78 Å². The van der Waals surface area contributed by atoms with Gasteiger partial charge >= 0.3 is 5.97 Å². The molecule has 1 atom stereocenters. The van der Waals surface area contributed by atoms with Crippen molar-refractivity contribution in [2.75, 3.05) is 0 Å². The Morgan fingerprint density at radius 1 is 1.50 bits per heavy atom. The van der Waals surface area contributed by atoms with E-state index in [-0.39, 0.29) is 23.7 Å². The number of rotatable bonds is 5. The molecule has 1 aliphatic rings. The number of hydrogen-bond donors (Lipinski definition) is 2. The first-order valence-electron chi connectivity index (χ1n) is 6.74. The van der Waals surface area contributed by atoms with E-state index in [0.717, 1.165) is 17.8 Å². The molecule has 1 amide bonds. The molecular weight excluding hydrogens is 276 g/mol. The van der Waals surface area contributed by atoms with E-state index < -0.39 is 12.0 Å². The van der Waals surface area contributed by atoms with Crippen LogP contribution in [-0.2, 0) is 21.4 Å². The molecule has 1 aromatic rings. The van der Waals surface area contributed by atoms with Crippen LogP contribution in [0.1, 0.15) is 44.3 Å². The molecule has 1 unspecified atom stereocenters. The highest BCUT2D eigenvalue weighted by Crippen LogP contribution is 2.32. The van der Waals surface area contributed by atoms with Gasteiger partial charge in [-0.2, -0.15) is 0 Å². The van der Waals surface area contributed by atoms with Crippen LogP contribution in [0.4, 0.5) is 0 Å². The Kier molecular flexibility index (Phi) is 4.13. The molecule has 6 heteroatoms. The highest BCUT2D eigenvalue weighted by Gasteiger charge is 2.37. The van der Waals surface area contributed by atoms with E-state index in [2.05, 4.69) is 31.1 Å². The molecule has 0 aromatic carbocycles. The Morgan fingerprint density at radius 2 is 2.15 bits per heavy atom. The van der Waals surface area contributed by atoms with Crippen LogP contribution in [0.5, 0.6) is 0 Å². The number of carboxylic acids is 1. The largest absolute Gasteiger partial charge is 0.480 e. The Morgan fingerprint density at radius 3 is 2.60 bits per heavy atom. The first kappa shape index (κ1) is 15.0. The second kappa shape index (κ2) is 5.52. The van der Waals surface area contributed by atoms with E-state index in [0.29, 0.717) is 5.69 Å². The number of carbonyl (C=O) groups excluding carboxylic acids is 1. The molecule has 0 bridgehead atoms. The van der Waals surface area contributed by atoms with E-state index >= 15 is 0 Å². The van der Waals surface area contributed by atoms with Gasteiger partial charge in [-0.1, -0.05) is 20.8 Å². The van der Waals surface area contributed by atoms with Crippen LogP contribution in [0, 0.1) is 5.92 Å². The molecular formula is C14H20N2O3S. The number of nitrogens with zero attached hydrogens (tertiary/aromatic N) is 1. The summed E-state index contributed by atoms with van der Waals surface area (Å²) in [5.41, 5.74) is 0.675. The van der Waals surface area contributed by atoms with Crippen molar-refractivity contribution >= 4 is 23.2 Å². The first-order valence-corrected chi connectivity index (χ1v) is 7.62. The molecule has 0 saturated heterocycles. The van der Waals surface area contributed by atoms with Crippen molar-refractivity contribution in [2.24, 2.45) is 5.92 Å². The molecule has 0 radical (unpaired) electrons. The minimum atomic E-state index is -0.950. The average molecular weight is 296 g/mol. The molecule has 1 aromatic heterocycles. The Labute approximate surface area is 122 Å². The predicted molar refractivity (Wildman–Crippen MR) is 76.8 cm³/mol. The van der Waals surface area contributed by atoms with Crippen molar-refractivity contribution < 1.29 is 14.7 Å². The number of nitrogens with one attached hydrogen (secondary N) is 1. The maximum absolute atomic E-state index is 11.9. The van der Waals surface area contributed by atoms with Crippen LogP contribution in [0.25, 0.3) is 0 Å². The third kappa shape index (κ3) is 3.79. The highest BCUT2D eigenvalue weighted by atomic mass is 32.1. The van der Waals surface area contributed by atoms with Crippen molar-refractivity contribution in [1.82, 2.24) is 10.3 Å². The highest BCUT2D eigenvalue weighted by molar-refractivity contribution is 7.09. The van der Waals surface area contributed by atoms with Crippen LogP contribution in [0.15, 0.2) is 5.38 Å². The maximum Gasteiger partial charge on any atom is 0.326 e. The molecule has 0 aliphatic heterocycles. The van der Waals surface area contributed by atoms with Gasteiger partial charge in [-0.05, 0) is 18.8 Å². The lowest BCUT2D eigenvalue weighted by molar-refractivity contribution is -0.142. The summed E-state index contributed by atoms with van der Waals surface area (Å²) < 4.78 is 0. The van der Waals surface area contributed by atoms with Crippen LogP contribution in [-0.4, -0.2) is 28.0 Å². The number of amides is 1. The van der Waals surface area contributed by atoms with Crippen LogP contribution >= 0.6 is 11.3 Å². The zero-order valence-electron chi connectivity index (χ0n) is 12.0.